The van der Waals surface area contributed by atoms with Crippen LogP contribution < -0.4 is 0 Å². The lowest BCUT2D eigenvalue weighted by Gasteiger charge is -2.40. The van der Waals surface area contributed by atoms with Crippen molar-refractivity contribution in [3.05, 3.63) is 72.3 Å². The van der Waals surface area contributed by atoms with E-state index in [9.17, 15) is 9.59 Å². The SMILES string of the molecule is Cc1ccn(C[C@H](C)C(=O)N2CCN(C)C(=O)[C@@H]2Cc2ccccc2-c2cccnc2)n1. The van der Waals surface area contributed by atoms with Crippen LogP contribution in [0, 0.1) is 12.8 Å². The number of amides is 2. The third-order valence-electron chi connectivity index (χ3n) is 6.06. The van der Waals surface area contributed by atoms with Gasteiger partial charge in [-0.05, 0) is 30.2 Å². The molecule has 0 radical (unpaired) electrons. The van der Waals surface area contributed by atoms with Gasteiger partial charge in [-0.25, -0.2) is 0 Å². The first-order chi connectivity index (χ1) is 15.4. The van der Waals surface area contributed by atoms with E-state index < -0.39 is 6.04 Å². The zero-order chi connectivity index (χ0) is 22.7. The number of rotatable bonds is 6. The number of likely N-dealkylation sites (N-methyl/N-ethyl adjacent to an activating group) is 1. The molecule has 1 saturated heterocycles. The van der Waals surface area contributed by atoms with Gasteiger partial charge in [0.1, 0.15) is 6.04 Å². The summed E-state index contributed by atoms with van der Waals surface area (Å²) in [6.45, 7) is 5.40. The molecule has 2 aromatic heterocycles. The highest BCUT2D eigenvalue weighted by Gasteiger charge is 2.37. The Balaban J connectivity index is 1.59. The summed E-state index contributed by atoms with van der Waals surface area (Å²) in [6.07, 6.45) is 5.92. The predicted octanol–water partition coefficient (Wildman–Crippen LogP) is 2.80. The number of benzene rings is 1. The summed E-state index contributed by atoms with van der Waals surface area (Å²) in [5.41, 5.74) is 3.99. The van der Waals surface area contributed by atoms with Crippen molar-refractivity contribution in [3.8, 4) is 11.1 Å². The van der Waals surface area contributed by atoms with E-state index in [1.54, 1.807) is 27.7 Å². The zero-order valence-corrected chi connectivity index (χ0v) is 18.8. The van der Waals surface area contributed by atoms with Crippen molar-refractivity contribution < 1.29 is 9.59 Å². The number of aryl methyl sites for hydroxylation is 1. The van der Waals surface area contributed by atoms with E-state index in [4.69, 9.17) is 0 Å². The molecule has 2 atom stereocenters. The average molecular weight is 432 g/mol. The Kier molecular flexibility index (Phi) is 6.35. The van der Waals surface area contributed by atoms with Gasteiger partial charge in [0, 0.05) is 50.7 Å². The fourth-order valence-electron chi connectivity index (χ4n) is 4.29. The number of hydrogen-bond donors (Lipinski definition) is 0. The van der Waals surface area contributed by atoms with Gasteiger partial charge in [0.25, 0.3) is 0 Å². The Morgan fingerprint density at radius 2 is 1.97 bits per heavy atom. The zero-order valence-electron chi connectivity index (χ0n) is 18.8. The number of piperazine rings is 1. The maximum absolute atomic E-state index is 13.4. The lowest BCUT2D eigenvalue weighted by atomic mass is 9.93. The Morgan fingerprint density at radius 1 is 1.16 bits per heavy atom. The van der Waals surface area contributed by atoms with Crippen LogP contribution in [0.15, 0.2) is 61.1 Å². The van der Waals surface area contributed by atoms with Crippen molar-refractivity contribution in [2.24, 2.45) is 5.92 Å². The number of aromatic nitrogens is 3. The van der Waals surface area contributed by atoms with Crippen LogP contribution in [0.4, 0.5) is 0 Å². The fraction of sp³-hybridized carbons (Fsp3) is 0.360. The van der Waals surface area contributed by atoms with Crippen LogP contribution in [0.2, 0.25) is 0 Å². The highest BCUT2D eigenvalue weighted by Crippen LogP contribution is 2.27. The van der Waals surface area contributed by atoms with Gasteiger partial charge in [0.15, 0.2) is 0 Å². The second-order valence-corrected chi connectivity index (χ2v) is 8.49. The van der Waals surface area contributed by atoms with Crippen molar-refractivity contribution >= 4 is 11.8 Å². The highest BCUT2D eigenvalue weighted by molar-refractivity contribution is 5.90. The average Bonchev–Trinajstić information content (AvgIpc) is 3.22. The van der Waals surface area contributed by atoms with Crippen molar-refractivity contribution in [2.75, 3.05) is 20.1 Å². The van der Waals surface area contributed by atoms with Crippen molar-refractivity contribution in [2.45, 2.75) is 32.9 Å². The minimum absolute atomic E-state index is 0.0107. The lowest BCUT2D eigenvalue weighted by Crippen LogP contribution is -2.59. The summed E-state index contributed by atoms with van der Waals surface area (Å²) >= 11 is 0. The molecule has 3 heterocycles. The molecular formula is C25H29N5O2. The molecule has 0 bridgehead atoms. The van der Waals surface area contributed by atoms with Crippen molar-refractivity contribution in [3.63, 3.8) is 0 Å². The molecule has 0 N–H and O–H groups in total. The van der Waals surface area contributed by atoms with E-state index in [2.05, 4.69) is 10.1 Å². The van der Waals surface area contributed by atoms with Crippen LogP contribution >= 0.6 is 0 Å². The maximum Gasteiger partial charge on any atom is 0.245 e. The van der Waals surface area contributed by atoms with Gasteiger partial charge < -0.3 is 9.80 Å². The molecule has 0 unspecified atom stereocenters. The Bertz CT molecular complexity index is 1090. The molecule has 1 aliphatic heterocycles. The summed E-state index contributed by atoms with van der Waals surface area (Å²) in [4.78, 5) is 34.3. The van der Waals surface area contributed by atoms with Crippen LogP contribution in [-0.2, 0) is 22.6 Å². The number of hydrogen-bond acceptors (Lipinski definition) is 4. The number of carbonyl (C=O) groups excluding carboxylic acids is 2. The van der Waals surface area contributed by atoms with Crippen LogP contribution in [-0.4, -0.2) is 62.6 Å². The Hall–Kier alpha value is -3.48. The molecule has 1 fully saturated rings. The van der Waals surface area contributed by atoms with Crippen molar-refractivity contribution in [1.82, 2.24) is 24.6 Å². The number of nitrogens with zero attached hydrogens (tertiary/aromatic N) is 5. The number of carbonyl (C=O) groups is 2. The first-order valence-electron chi connectivity index (χ1n) is 11.0. The van der Waals surface area contributed by atoms with Crippen LogP contribution in [0.25, 0.3) is 11.1 Å². The van der Waals surface area contributed by atoms with Gasteiger partial charge in [-0.1, -0.05) is 37.3 Å². The summed E-state index contributed by atoms with van der Waals surface area (Å²) in [5, 5.41) is 4.40. The van der Waals surface area contributed by atoms with Crippen molar-refractivity contribution in [1.29, 1.82) is 0 Å². The van der Waals surface area contributed by atoms with Crippen LogP contribution in [0.3, 0.4) is 0 Å². The normalized spacial score (nSPS) is 17.5. The highest BCUT2D eigenvalue weighted by atomic mass is 16.2. The standard InChI is InChI=1S/C25H29N5O2/c1-18(17-29-12-10-19(2)27-29)24(31)30-14-13-28(3)25(32)23(30)15-20-7-4-5-9-22(20)21-8-6-11-26-16-21/h4-12,16,18,23H,13-15,17H2,1-3H3/t18-,23-/m0/s1. The molecule has 2 amide bonds. The monoisotopic (exact) mass is 431 g/mol. The van der Waals surface area contributed by atoms with Gasteiger partial charge in [-0.3, -0.25) is 19.3 Å². The van der Waals surface area contributed by atoms with Gasteiger partial charge in [0.05, 0.1) is 18.2 Å². The molecule has 3 aromatic rings. The van der Waals surface area contributed by atoms with E-state index >= 15 is 0 Å². The predicted molar refractivity (Wildman–Crippen MR) is 123 cm³/mol. The minimum atomic E-state index is -0.527. The maximum atomic E-state index is 13.4. The topological polar surface area (TPSA) is 71.3 Å². The second-order valence-electron chi connectivity index (χ2n) is 8.49. The molecule has 7 nitrogen and oxygen atoms in total. The summed E-state index contributed by atoms with van der Waals surface area (Å²) in [6, 6.07) is 13.3. The lowest BCUT2D eigenvalue weighted by molar-refractivity contribution is -0.152. The van der Waals surface area contributed by atoms with Gasteiger partial charge in [-0.15, -0.1) is 0 Å². The molecule has 1 aromatic carbocycles. The number of pyridine rings is 1. The van der Waals surface area contributed by atoms with Gasteiger partial charge in [-0.2, -0.15) is 5.10 Å². The van der Waals surface area contributed by atoms with Crippen LogP contribution in [0.1, 0.15) is 18.2 Å². The molecular weight excluding hydrogens is 402 g/mol. The summed E-state index contributed by atoms with van der Waals surface area (Å²) < 4.78 is 1.79. The molecule has 0 saturated carbocycles. The molecule has 32 heavy (non-hydrogen) atoms. The summed E-state index contributed by atoms with van der Waals surface area (Å²) in [5.74, 6) is -0.308. The van der Waals surface area contributed by atoms with Crippen LogP contribution in [0.5, 0.6) is 0 Å². The van der Waals surface area contributed by atoms with E-state index in [0.717, 1.165) is 22.4 Å². The van der Waals surface area contributed by atoms with Gasteiger partial charge in [0.2, 0.25) is 11.8 Å². The molecule has 166 valence electrons. The third-order valence-corrected chi connectivity index (χ3v) is 6.06. The molecule has 0 aliphatic carbocycles. The van der Waals surface area contributed by atoms with E-state index in [1.165, 1.54) is 0 Å². The Morgan fingerprint density at radius 3 is 2.69 bits per heavy atom. The first-order valence-corrected chi connectivity index (χ1v) is 11.0. The first kappa shape index (κ1) is 21.7. The van der Waals surface area contributed by atoms with E-state index in [0.29, 0.717) is 26.1 Å². The Labute approximate surface area is 188 Å². The molecule has 7 heteroatoms. The molecule has 1 aliphatic rings. The largest absolute Gasteiger partial charge is 0.342 e. The summed E-state index contributed by atoms with van der Waals surface area (Å²) in [7, 11) is 1.81. The third kappa shape index (κ3) is 4.56. The van der Waals surface area contributed by atoms with E-state index in [-0.39, 0.29) is 17.7 Å². The molecule has 0 spiro atoms. The smallest absolute Gasteiger partial charge is 0.245 e. The minimum Gasteiger partial charge on any atom is -0.342 e. The quantitative estimate of drug-likeness (QED) is 0.602. The molecule has 4 rings (SSSR count). The fourth-order valence-corrected chi connectivity index (χ4v) is 4.29. The van der Waals surface area contributed by atoms with E-state index in [1.807, 2.05) is 68.7 Å². The second kappa shape index (κ2) is 9.34. The van der Waals surface area contributed by atoms with Gasteiger partial charge >= 0.3 is 0 Å².